The predicted molar refractivity (Wildman–Crippen MR) is 106 cm³/mol. The fraction of sp³-hybridized carbons (Fsp3) is 0.182. The first kappa shape index (κ1) is 18.2. The zero-order valence-corrected chi connectivity index (χ0v) is 15.4. The average Bonchev–Trinajstić information content (AvgIpc) is 2.68. The average molecular weight is 365 g/mol. The van der Waals surface area contributed by atoms with Crippen LogP contribution in [-0.2, 0) is 6.42 Å². The Balaban J connectivity index is 1.80. The molecular formula is C22H21ClN2O. The van der Waals surface area contributed by atoms with Gasteiger partial charge in [0.2, 0.25) is 0 Å². The number of aromatic nitrogens is 1. The van der Waals surface area contributed by atoms with E-state index >= 15 is 0 Å². The number of pyridine rings is 1. The van der Waals surface area contributed by atoms with E-state index in [2.05, 4.69) is 10.3 Å². The molecule has 3 nitrogen and oxygen atoms in total. The second-order valence-corrected chi connectivity index (χ2v) is 6.76. The van der Waals surface area contributed by atoms with Crippen LogP contribution in [0.25, 0.3) is 0 Å². The monoisotopic (exact) mass is 364 g/mol. The predicted octanol–water partition coefficient (Wildman–Crippen LogP) is 4.88. The van der Waals surface area contributed by atoms with Gasteiger partial charge in [-0.2, -0.15) is 0 Å². The summed E-state index contributed by atoms with van der Waals surface area (Å²) < 4.78 is 0. The van der Waals surface area contributed by atoms with Crippen LogP contribution in [0.2, 0.25) is 5.02 Å². The minimum atomic E-state index is -0.0757. The summed E-state index contributed by atoms with van der Waals surface area (Å²) in [5.41, 5.74) is 2.78. The van der Waals surface area contributed by atoms with Crippen molar-refractivity contribution in [2.75, 3.05) is 0 Å². The van der Waals surface area contributed by atoms with Crippen LogP contribution in [0.5, 0.6) is 0 Å². The molecule has 2 unspecified atom stereocenters. The van der Waals surface area contributed by atoms with E-state index in [1.54, 1.807) is 6.20 Å². The van der Waals surface area contributed by atoms with Gasteiger partial charge in [-0.3, -0.25) is 9.78 Å². The van der Waals surface area contributed by atoms with Crippen molar-refractivity contribution < 1.29 is 4.79 Å². The molecule has 132 valence electrons. The quantitative estimate of drug-likeness (QED) is 0.677. The molecule has 3 rings (SSSR count). The number of carbonyl (C=O) groups excluding carboxylic acids is 1. The lowest BCUT2D eigenvalue weighted by Gasteiger charge is -2.25. The van der Waals surface area contributed by atoms with Crippen molar-refractivity contribution in [2.45, 2.75) is 25.3 Å². The number of nitrogens with zero attached hydrogens (tertiary/aromatic N) is 1. The van der Waals surface area contributed by atoms with E-state index in [1.807, 2.05) is 79.7 Å². The summed E-state index contributed by atoms with van der Waals surface area (Å²) in [5, 5.41) is 3.84. The molecule has 1 amide bonds. The van der Waals surface area contributed by atoms with E-state index in [-0.39, 0.29) is 17.9 Å². The van der Waals surface area contributed by atoms with Gasteiger partial charge >= 0.3 is 0 Å². The molecule has 0 bridgehead atoms. The highest BCUT2D eigenvalue weighted by Crippen LogP contribution is 2.24. The van der Waals surface area contributed by atoms with E-state index in [1.165, 1.54) is 0 Å². The molecular weight excluding hydrogens is 344 g/mol. The standard InChI is InChI=1S/C22H21ClN2O/c1-16(25-22(26)18-7-3-2-4-8-18)20(21-9-5-6-14-24-21)15-17-10-12-19(23)13-11-17/h2-14,16,20H,15H2,1H3,(H,25,26). The Bertz CT molecular complexity index is 835. The van der Waals surface area contributed by atoms with Gasteiger partial charge in [0, 0.05) is 34.4 Å². The fourth-order valence-corrected chi connectivity index (χ4v) is 3.11. The number of benzene rings is 2. The first-order valence-corrected chi connectivity index (χ1v) is 9.02. The summed E-state index contributed by atoms with van der Waals surface area (Å²) in [6.45, 7) is 2.02. The Morgan fingerprint density at radius 1 is 1.00 bits per heavy atom. The summed E-state index contributed by atoms with van der Waals surface area (Å²) >= 11 is 6.00. The first-order chi connectivity index (χ1) is 12.6. The van der Waals surface area contributed by atoms with Crippen molar-refractivity contribution in [1.29, 1.82) is 0 Å². The molecule has 2 atom stereocenters. The van der Waals surface area contributed by atoms with E-state index in [9.17, 15) is 4.79 Å². The summed E-state index contributed by atoms with van der Waals surface area (Å²) in [6, 6.07) is 22.9. The Kier molecular flexibility index (Phi) is 6.03. The van der Waals surface area contributed by atoms with Crippen LogP contribution in [0.3, 0.4) is 0 Å². The smallest absolute Gasteiger partial charge is 0.251 e. The Hall–Kier alpha value is -2.65. The highest BCUT2D eigenvalue weighted by atomic mass is 35.5. The second-order valence-electron chi connectivity index (χ2n) is 6.32. The lowest BCUT2D eigenvalue weighted by atomic mass is 9.89. The SMILES string of the molecule is CC(NC(=O)c1ccccc1)C(Cc1ccc(Cl)cc1)c1ccccn1. The lowest BCUT2D eigenvalue weighted by Crippen LogP contribution is -2.38. The van der Waals surface area contributed by atoms with Gasteiger partial charge in [0.15, 0.2) is 0 Å². The molecule has 0 radical (unpaired) electrons. The molecule has 1 aromatic heterocycles. The Morgan fingerprint density at radius 2 is 1.69 bits per heavy atom. The number of halogens is 1. The Morgan fingerprint density at radius 3 is 2.35 bits per heavy atom. The van der Waals surface area contributed by atoms with E-state index < -0.39 is 0 Å². The molecule has 0 aliphatic rings. The minimum absolute atomic E-state index is 0.0602. The molecule has 0 saturated heterocycles. The maximum Gasteiger partial charge on any atom is 0.251 e. The number of amides is 1. The maximum atomic E-state index is 12.5. The molecule has 1 N–H and O–H groups in total. The number of nitrogens with one attached hydrogen (secondary N) is 1. The zero-order valence-electron chi connectivity index (χ0n) is 14.6. The van der Waals surface area contributed by atoms with E-state index in [0.717, 1.165) is 17.7 Å². The van der Waals surface area contributed by atoms with Crippen molar-refractivity contribution in [3.8, 4) is 0 Å². The molecule has 0 spiro atoms. The normalized spacial score (nSPS) is 13.0. The fourth-order valence-electron chi connectivity index (χ4n) is 2.99. The number of hydrogen-bond donors (Lipinski definition) is 1. The lowest BCUT2D eigenvalue weighted by molar-refractivity contribution is 0.0934. The van der Waals surface area contributed by atoms with Crippen molar-refractivity contribution in [2.24, 2.45) is 0 Å². The molecule has 0 saturated carbocycles. The van der Waals surface area contributed by atoms with Crippen LogP contribution in [0, 0.1) is 0 Å². The summed E-state index contributed by atoms with van der Waals surface area (Å²) in [5.74, 6) is -0.0137. The van der Waals surface area contributed by atoms with Gasteiger partial charge in [-0.1, -0.05) is 48.0 Å². The molecule has 0 aliphatic heterocycles. The van der Waals surface area contributed by atoms with Crippen LogP contribution < -0.4 is 5.32 Å². The molecule has 26 heavy (non-hydrogen) atoms. The molecule has 0 fully saturated rings. The van der Waals surface area contributed by atoms with Gasteiger partial charge < -0.3 is 5.32 Å². The minimum Gasteiger partial charge on any atom is -0.349 e. The van der Waals surface area contributed by atoms with Crippen LogP contribution in [-0.4, -0.2) is 16.9 Å². The topological polar surface area (TPSA) is 42.0 Å². The van der Waals surface area contributed by atoms with Gasteiger partial charge in [-0.25, -0.2) is 0 Å². The van der Waals surface area contributed by atoms with Crippen molar-refractivity contribution >= 4 is 17.5 Å². The maximum absolute atomic E-state index is 12.5. The van der Waals surface area contributed by atoms with Crippen LogP contribution >= 0.6 is 11.6 Å². The van der Waals surface area contributed by atoms with Crippen LogP contribution in [0.15, 0.2) is 79.0 Å². The molecule has 3 aromatic rings. The highest BCUT2D eigenvalue weighted by Gasteiger charge is 2.23. The van der Waals surface area contributed by atoms with Crippen LogP contribution in [0.4, 0.5) is 0 Å². The van der Waals surface area contributed by atoms with Gasteiger partial charge in [0.05, 0.1) is 0 Å². The summed E-state index contributed by atoms with van der Waals surface area (Å²) in [4.78, 5) is 17.1. The number of hydrogen-bond acceptors (Lipinski definition) is 2. The van der Waals surface area contributed by atoms with Gasteiger partial charge in [0.1, 0.15) is 0 Å². The third-order valence-electron chi connectivity index (χ3n) is 4.43. The van der Waals surface area contributed by atoms with E-state index in [0.29, 0.717) is 10.6 Å². The second kappa shape index (κ2) is 8.63. The number of rotatable bonds is 6. The van der Waals surface area contributed by atoms with Crippen molar-refractivity contribution in [3.63, 3.8) is 0 Å². The molecule has 0 aliphatic carbocycles. The number of carbonyl (C=O) groups is 1. The van der Waals surface area contributed by atoms with Gasteiger partial charge in [-0.15, -0.1) is 0 Å². The van der Waals surface area contributed by atoms with Crippen molar-refractivity contribution in [3.05, 3.63) is 101 Å². The highest BCUT2D eigenvalue weighted by molar-refractivity contribution is 6.30. The van der Waals surface area contributed by atoms with Gasteiger partial charge in [-0.05, 0) is 55.3 Å². The van der Waals surface area contributed by atoms with Gasteiger partial charge in [0.25, 0.3) is 5.91 Å². The first-order valence-electron chi connectivity index (χ1n) is 8.65. The largest absolute Gasteiger partial charge is 0.349 e. The summed E-state index contributed by atoms with van der Waals surface area (Å²) in [7, 11) is 0. The molecule has 1 heterocycles. The summed E-state index contributed by atoms with van der Waals surface area (Å²) in [6.07, 6.45) is 2.56. The third kappa shape index (κ3) is 4.70. The van der Waals surface area contributed by atoms with E-state index in [4.69, 9.17) is 11.6 Å². The molecule has 2 aromatic carbocycles. The Labute approximate surface area is 159 Å². The third-order valence-corrected chi connectivity index (χ3v) is 4.69. The molecule has 4 heteroatoms. The van der Waals surface area contributed by atoms with Crippen LogP contribution in [0.1, 0.15) is 34.5 Å². The van der Waals surface area contributed by atoms with Crippen molar-refractivity contribution in [1.82, 2.24) is 10.3 Å². The zero-order chi connectivity index (χ0) is 18.4.